The van der Waals surface area contributed by atoms with E-state index in [1.165, 1.54) is 0 Å². The summed E-state index contributed by atoms with van der Waals surface area (Å²) >= 11 is 0. The van der Waals surface area contributed by atoms with E-state index in [0.29, 0.717) is 17.6 Å². The third kappa shape index (κ3) is 4.00. The van der Waals surface area contributed by atoms with Crippen LogP contribution in [0.25, 0.3) is 16.7 Å². The van der Waals surface area contributed by atoms with Gasteiger partial charge in [-0.15, -0.1) is 0 Å². The monoisotopic (exact) mass is 365 g/mol. The van der Waals surface area contributed by atoms with E-state index >= 15 is 0 Å². The third-order valence-corrected chi connectivity index (χ3v) is 4.27. The number of ether oxygens (including phenoxy) is 1. The van der Waals surface area contributed by atoms with Gasteiger partial charge in [-0.3, -0.25) is 9.36 Å². The molecule has 1 aromatic heterocycles. The molecule has 1 N–H and O–H groups in total. The number of amides is 1. The molecule has 1 atom stereocenters. The molecule has 0 aliphatic carbocycles. The Morgan fingerprint density at radius 2 is 1.93 bits per heavy atom. The highest BCUT2D eigenvalue weighted by Crippen LogP contribution is 2.22. The van der Waals surface area contributed by atoms with Crippen LogP contribution in [0.15, 0.2) is 48.5 Å². The molecule has 0 saturated carbocycles. The number of carbonyl (C=O) groups is 2. The van der Waals surface area contributed by atoms with Crippen LogP contribution in [0.4, 0.5) is 0 Å². The number of hydrogen-bond donors (Lipinski definition) is 1. The molecule has 0 saturated heterocycles. The van der Waals surface area contributed by atoms with Crippen molar-refractivity contribution < 1.29 is 14.3 Å². The van der Waals surface area contributed by atoms with Crippen molar-refractivity contribution in [1.82, 2.24) is 14.9 Å². The summed E-state index contributed by atoms with van der Waals surface area (Å²) in [5, 5.41) is 2.72. The number of nitrogens with one attached hydrogen (secondary N) is 1. The van der Waals surface area contributed by atoms with E-state index in [9.17, 15) is 9.59 Å². The molecule has 3 aromatic rings. The summed E-state index contributed by atoms with van der Waals surface area (Å²) < 4.78 is 7.31. The lowest BCUT2D eigenvalue weighted by molar-refractivity contribution is -0.129. The first-order valence-electron chi connectivity index (χ1n) is 9.04. The number of aromatic nitrogens is 2. The summed E-state index contributed by atoms with van der Waals surface area (Å²) in [6, 6.07) is 15.2. The van der Waals surface area contributed by atoms with Gasteiger partial charge in [0.05, 0.1) is 16.6 Å². The first kappa shape index (κ1) is 18.6. The molecule has 6 nitrogen and oxygen atoms in total. The Bertz CT molecular complexity index is 963. The van der Waals surface area contributed by atoms with Gasteiger partial charge in [-0.05, 0) is 50.6 Å². The van der Waals surface area contributed by atoms with E-state index in [1.807, 2.05) is 54.8 Å². The number of nitrogens with zero attached hydrogens (tertiary/aromatic N) is 2. The minimum atomic E-state index is -0.844. The van der Waals surface area contributed by atoms with Crippen molar-refractivity contribution >= 4 is 22.9 Å². The average Bonchev–Trinajstić information content (AvgIpc) is 3.01. The topological polar surface area (TPSA) is 73.2 Å². The smallest absolute Gasteiger partial charge is 0.338 e. The van der Waals surface area contributed by atoms with Crippen molar-refractivity contribution in [2.75, 3.05) is 6.54 Å². The predicted molar refractivity (Wildman–Crippen MR) is 104 cm³/mol. The van der Waals surface area contributed by atoms with E-state index in [-0.39, 0.29) is 5.91 Å². The Kier molecular flexibility index (Phi) is 5.54. The molecule has 1 unspecified atom stereocenters. The van der Waals surface area contributed by atoms with Gasteiger partial charge in [-0.2, -0.15) is 0 Å². The molecule has 0 fully saturated rings. The molecular formula is C21H23N3O3. The fourth-order valence-electron chi connectivity index (χ4n) is 2.90. The average molecular weight is 365 g/mol. The van der Waals surface area contributed by atoms with E-state index in [2.05, 4.69) is 10.3 Å². The first-order valence-corrected chi connectivity index (χ1v) is 9.04. The van der Waals surface area contributed by atoms with Gasteiger partial charge >= 0.3 is 5.97 Å². The number of imidazole rings is 1. The van der Waals surface area contributed by atoms with Gasteiger partial charge in [0.1, 0.15) is 5.82 Å². The van der Waals surface area contributed by atoms with Crippen LogP contribution in [0.1, 0.15) is 36.5 Å². The molecule has 2 aromatic carbocycles. The van der Waals surface area contributed by atoms with Crippen molar-refractivity contribution in [3.63, 3.8) is 0 Å². The number of benzene rings is 2. The summed E-state index contributed by atoms with van der Waals surface area (Å²) in [6.07, 6.45) is -0.0182. The van der Waals surface area contributed by atoms with E-state index in [4.69, 9.17) is 4.74 Å². The van der Waals surface area contributed by atoms with Crippen LogP contribution in [-0.4, -0.2) is 34.1 Å². The summed E-state index contributed by atoms with van der Waals surface area (Å²) in [4.78, 5) is 28.8. The molecule has 27 heavy (non-hydrogen) atoms. The molecular weight excluding hydrogens is 342 g/mol. The largest absolute Gasteiger partial charge is 0.449 e. The Hall–Kier alpha value is -3.15. The second-order valence-corrected chi connectivity index (χ2v) is 6.37. The van der Waals surface area contributed by atoms with Gasteiger partial charge in [0, 0.05) is 12.2 Å². The normalized spacial score (nSPS) is 12.0. The molecule has 0 spiro atoms. The molecule has 3 rings (SSSR count). The maximum Gasteiger partial charge on any atom is 0.338 e. The van der Waals surface area contributed by atoms with Crippen molar-refractivity contribution in [2.24, 2.45) is 0 Å². The maximum absolute atomic E-state index is 12.4. The zero-order chi connectivity index (χ0) is 19.4. The second kappa shape index (κ2) is 8.03. The zero-order valence-electron chi connectivity index (χ0n) is 15.7. The second-order valence-electron chi connectivity index (χ2n) is 6.37. The first-order chi connectivity index (χ1) is 13.0. The zero-order valence-corrected chi connectivity index (χ0v) is 15.7. The highest BCUT2D eigenvalue weighted by Gasteiger charge is 2.19. The minimum Gasteiger partial charge on any atom is -0.449 e. The Morgan fingerprint density at radius 1 is 1.19 bits per heavy atom. The third-order valence-electron chi connectivity index (χ3n) is 4.27. The van der Waals surface area contributed by atoms with Crippen LogP contribution in [0.3, 0.4) is 0 Å². The number of fused-ring (bicyclic) bond motifs is 1. The number of hydrogen-bond acceptors (Lipinski definition) is 4. The lowest BCUT2D eigenvalue weighted by Crippen LogP contribution is -2.36. The van der Waals surface area contributed by atoms with Crippen LogP contribution in [-0.2, 0) is 9.53 Å². The van der Waals surface area contributed by atoms with Crippen molar-refractivity contribution in [3.05, 3.63) is 59.9 Å². The number of esters is 1. The van der Waals surface area contributed by atoms with Crippen LogP contribution in [0.5, 0.6) is 0 Å². The predicted octanol–water partition coefficient (Wildman–Crippen LogP) is 3.41. The molecule has 0 aliphatic rings. The Morgan fingerprint density at radius 3 is 2.63 bits per heavy atom. The lowest BCUT2D eigenvalue weighted by atomic mass is 10.2. The van der Waals surface area contributed by atoms with E-state index < -0.39 is 12.1 Å². The Labute approximate surface area is 158 Å². The number of para-hydroxylation sites is 1. The fourth-order valence-corrected chi connectivity index (χ4v) is 2.90. The van der Waals surface area contributed by atoms with Gasteiger partial charge in [-0.1, -0.05) is 25.1 Å². The van der Waals surface area contributed by atoms with Crippen molar-refractivity contribution in [1.29, 1.82) is 0 Å². The van der Waals surface area contributed by atoms with Gasteiger partial charge in [0.25, 0.3) is 5.91 Å². The van der Waals surface area contributed by atoms with Crippen LogP contribution in [0, 0.1) is 6.92 Å². The quantitative estimate of drug-likeness (QED) is 0.680. The number of rotatable bonds is 6. The highest BCUT2D eigenvalue weighted by atomic mass is 16.5. The Balaban J connectivity index is 1.83. The van der Waals surface area contributed by atoms with E-state index in [1.54, 1.807) is 19.1 Å². The molecule has 0 bridgehead atoms. The van der Waals surface area contributed by atoms with Crippen molar-refractivity contribution in [2.45, 2.75) is 33.3 Å². The molecule has 1 heterocycles. The number of carbonyl (C=O) groups excluding carboxylic acids is 2. The summed E-state index contributed by atoms with van der Waals surface area (Å²) in [5.41, 5.74) is 2.99. The maximum atomic E-state index is 12.4. The SMILES string of the molecule is CCCNC(=O)C(C)OC(=O)c1ccc2c(c1)nc(C)n2-c1ccccc1. The molecule has 6 heteroatoms. The van der Waals surface area contributed by atoms with Crippen molar-refractivity contribution in [3.8, 4) is 5.69 Å². The van der Waals surface area contributed by atoms with Gasteiger partial charge in [0.15, 0.2) is 6.10 Å². The summed E-state index contributed by atoms with van der Waals surface area (Å²) in [7, 11) is 0. The molecule has 0 radical (unpaired) electrons. The van der Waals surface area contributed by atoms with Crippen LogP contribution < -0.4 is 5.32 Å². The molecule has 140 valence electrons. The highest BCUT2D eigenvalue weighted by molar-refractivity contribution is 5.95. The van der Waals surface area contributed by atoms with Gasteiger partial charge in [0.2, 0.25) is 0 Å². The molecule has 1 amide bonds. The van der Waals surface area contributed by atoms with Gasteiger partial charge in [-0.25, -0.2) is 9.78 Å². The standard InChI is InChI=1S/C21H23N3O3/c1-4-12-22-20(25)14(2)27-21(26)16-10-11-19-18(13-16)23-15(3)24(19)17-8-6-5-7-9-17/h5-11,13-14H,4,12H2,1-3H3,(H,22,25). The van der Waals surface area contributed by atoms with E-state index in [0.717, 1.165) is 23.4 Å². The summed E-state index contributed by atoms with van der Waals surface area (Å²) in [5.74, 6) is -0.00697. The fraction of sp³-hybridized carbons (Fsp3) is 0.286. The van der Waals surface area contributed by atoms with Gasteiger partial charge < -0.3 is 10.1 Å². The molecule has 0 aliphatic heterocycles. The van der Waals surface area contributed by atoms with Crippen LogP contribution in [0.2, 0.25) is 0 Å². The lowest BCUT2D eigenvalue weighted by Gasteiger charge is -2.13. The minimum absolute atomic E-state index is 0.296. The summed E-state index contributed by atoms with van der Waals surface area (Å²) in [6.45, 7) is 6.01. The van der Waals surface area contributed by atoms with Crippen LogP contribution >= 0.6 is 0 Å². The number of aryl methyl sites for hydroxylation is 1.